The second kappa shape index (κ2) is 5.34. The van der Waals surface area contributed by atoms with Crippen LogP contribution < -0.4 is 4.74 Å². The van der Waals surface area contributed by atoms with E-state index >= 15 is 0 Å². The second-order valence-corrected chi connectivity index (χ2v) is 3.90. The van der Waals surface area contributed by atoms with Gasteiger partial charge in [0, 0.05) is 6.07 Å². The summed E-state index contributed by atoms with van der Waals surface area (Å²) in [5.41, 5.74) is 0.642. The standard InChI is InChI=1S/C13H11NO5/c1-9-4-5-10(14(16)17)7-13(9)19-8-11(15)12-3-2-6-18-12/h2-7H,8H2,1H3. The molecule has 0 saturated carbocycles. The summed E-state index contributed by atoms with van der Waals surface area (Å²) in [7, 11) is 0. The van der Waals surface area contributed by atoms with Crippen LogP contribution in [-0.4, -0.2) is 17.3 Å². The van der Waals surface area contributed by atoms with Crippen molar-refractivity contribution in [3.63, 3.8) is 0 Å². The number of furan rings is 1. The minimum absolute atomic E-state index is 0.0777. The number of hydrogen-bond acceptors (Lipinski definition) is 5. The molecular formula is C13H11NO5. The Morgan fingerprint density at radius 1 is 1.42 bits per heavy atom. The number of ether oxygens (including phenoxy) is 1. The van der Waals surface area contributed by atoms with E-state index in [2.05, 4.69) is 0 Å². The van der Waals surface area contributed by atoms with Crippen LogP contribution in [-0.2, 0) is 0 Å². The van der Waals surface area contributed by atoms with E-state index < -0.39 is 4.92 Å². The lowest BCUT2D eigenvalue weighted by atomic mass is 10.2. The van der Waals surface area contributed by atoms with Gasteiger partial charge >= 0.3 is 0 Å². The van der Waals surface area contributed by atoms with Crippen molar-refractivity contribution in [2.24, 2.45) is 0 Å². The summed E-state index contributed by atoms with van der Waals surface area (Å²) in [4.78, 5) is 21.8. The van der Waals surface area contributed by atoms with Crippen LogP contribution in [0, 0.1) is 17.0 Å². The van der Waals surface area contributed by atoms with Gasteiger partial charge in [0.15, 0.2) is 12.4 Å². The van der Waals surface area contributed by atoms with Crippen molar-refractivity contribution in [1.29, 1.82) is 0 Å². The van der Waals surface area contributed by atoms with Crippen molar-refractivity contribution in [3.8, 4) is 5.75 Å². The Bertz CT molecular complexity index is 604. The van der Waals surface area contributed by atoms with Crippen LogP contribution in [0.15, 0.2) is 41.0 Å². The molecule has 0 aliphatic carbocycles. The quantitative estimate of drug-likeness (QED) is 0.469. The van der Waals surface area contributed by atoms with Gasteiger partial charge in [0.2, 0.25) is 5.78 Å². The van der Waals surface area contributed by atoms with Gasteiger partial charge < -0.3 is 9.15 Å². The molecule has 0 fully saturated rings. The number of carbonyl (C=O) groups is 1. The lowest BCUT2D eigenvalue weighted by molar-refractivity contribution is -0.384. The summed E-state index contributed by atoms with van der Waals surface area (Å²) < 4.78 is 10.2. The largest absolute Gasteiger partial charge is 0.485 e. The molecule has 1 heterocycles. The summed E-state index contributed by atoms with van der Waals surface area (Å²) in [5, 5.41) is 10.7. The van der Waals surface area contributed by atoms with E-state index in [0.29, 0.717) is 5.75 Å². The first-order valence-electron chi connectivity index (χ1n) is 5.52. The number of Topliss-reactive ketones (excluding diaryl/α,β-unsaturated/α-hetero) is 1. The van der Waals surface area contributed by atoms with Gasteiger partial charge in [-0.3, -0.25) is 14.9 Å². The molecule has 0 saturated heterocycles. The van der Waals surface area contributed by atoms with E-state index in [4.69, 9.17) is 9.15 Å². The number of nitrogens with zero attached hydrogens (tertiary/aromatic N) is 1. The molecule has 0 N–H and O–H groups in total. The molecule has 6 heteroatoms. The zero-order valence-corrected chi connectivity index (χ0v) is 10.2. The second-order valence-electron chi connectivity index (χ2n) is 3.90. The zero-order valence-electron chi connectivity index (χ0n) is 10.2. The van der Waals surface area contributed by atoms with Crippen molar-refractivity contribution in [2.45, 2.75) is 6.92 Å². The summed E-state index contributed by atoms with van der Waals surface area (Å²) in [5.74, 6) is 0.188. The van der Waals surface area contributed by atoms with Gasteiger partial charge in [-0.05, 0) is 30.7 Å². The van der Waals surface area contributed by atoms with Crippen LogP contribution in [0.3, 0.4) is 0 Å². The SMILES string of the molecule is Cc1ccc([N+](=O)[O-])cc1OCC(=O)c1ccco1. The predicted molar refractivity (Wildman–Crippen MR) is 66.4 cm³/mol. The molecule has 6 nitrogen and oxygen atoms in total. The van der Waals surface area contributed by atoms with Crippen LogP contribution in [0.2, 0.25) is 0 Å². The average Bonchev–Trinajstić information content (AvgIpc) is 2.91. The fraction of sp³-hybridized carbons (Fsp3) is 0.154. The van der Waals surface area contributed by atoms with Crippen LogP contribution in [0.4, 0.5) is 5.69 Å². The maximum atomic E-state index is 11.7. The molecular weight excluding hydrogens is 250 g/mol. The van der Waals surface area contributed by atoms with Gasteiger partial charge in [-0.1, -0.05) is 0 Å². The maximum absolute atomic E-state index is 11.7. The van der Waals surface area contributed by atoms with Gasteiger partial charge in [-0.2, -0.15) is 0 Å². The molecule has 0 unspecified atom stereocenters. The molecule has 2 rings (SSSR count). The maximum Gasteiger partial charge on any atom is 0.273 e. The highest BCUT2D eigenvalue weighted by Crippen LogP contribution is 2.24. The lowest BCUT2D eigenvalue weighted by Gasteiger charge is -2.07. The molecule has 0 radical (unpaired) electrons. The normalized spacial score (nSPS) is 10.2. The van der Waals surface area contributed by atoms with Crippen LogP contribution in [0.1, 0.15) is 16.1 Å². The number of hydrogen-bond donors (Lipinski definition) is 0. The van der Waals surface area contributed by atoms with Gasteiger partial charge in [-0.15, -0.1) is 0 Å². The number of aryl methyl sites for hydroxylation is 1. The average molecular weight is 261 g/mol. The lowest BCUT2D eigenvalue weighted by Crippen LogP contribution is -2.11. The third-order valence-corrected chi connectivity index (χ3v) is 2.54. The van der Waals surface area contributed by atoms with Gasteiger partial charge in [0.25, 0.3) is 5.69 Å². The first-order valence-corrected chi connectivity index (χ1v) is 5.52. The monoisotopic (exact) mass is 261 g/mol. The Labute approximate surface area is 108 Å². The van der Waals surface area contributed by atoms with E-state index in [9.17, 15) is 14.9 Å². The highest BCUT2D eigenvalue weighted by molar-refractivity contribution is 5.94. The predicted octanol–water partition coefficient (Wildman–Crippen LogP) is 2.76. The van der Waals surface area contributed by atoms with E-state index in [1.54, 1.807) is 19.1 Å². The first-order chi connectivity index (χ1) is 9.08. The molecule has 0 bridgehead atoms. The number of non-ortho nitro benzene ring substituents is 1. The van der Waals surface area contributed by atoms with E-state index in [0.717, 1.165) is 5.56 Å². The number of ketones is 1. The number of rotatable bonds is 5. The van der Waals surface area contributed by atoms with Crippen molar-refractivity contribution in [3.05, 3.63) is 58.0 Å². The first kappa shape index (κ1) is 12.8. The Hall–Kier alpha value is -2.63. The van der Waals surface area contributed by atoms with E-state index in [1.807, 2.05) is 0 Å². The molecule has 0 spiro atoms. The third-order valence-electron chi connectivity index (χ3n) is 2.54. The number of nitro groups is 1. The summed E-state index contributed by atoms with van der Waals surface area (Å²) in [6, 6.07) is 7.39. The van der Waals surface area contributed by atoms with Crippen molar-refractivity contribution < 1.29 is 18.9 Å². The van der Waals surface area contributed by atoms with Crippen molar-refractivity contribution >= 4 is 11.5 Å². The Kier molecular flexibility index (Phi) is 3.61. The van der Waals surface area contributed by atoms with Crippen LogP contribution >= 0.6 is 0 Å². The molecule has 2 aromatic rings. The van der Waals surface area contributed by atoms with E-state index in [1.165, 1.54) is 24.5 Å². The summed E-state index contributed by atoms with van der Waals surface area (Å²) in [6.45, 7) is 1.52. The van der Waals surface area contributed by atoms with Crippen molar-refractivity contribution in [2.75, 3.05) is 6.61 Å². The smallest absolute Gasteiger partial charge is 0.273 e. The summed E-state index contributed by atoms with van der Waals surface area (Å²) >= 11 is 0. The topological polar surface area (TPSA) is 82.6 Å². The fourth-order valence-electron chi connectivity index (χ4n) is 1.51. The van der Waals surface area contributed by atoms with Gasteiger partial charge in [0.1, 0.15) is 5.75 Å². The highest BCUT2D eigenvalue weighted by Gasteiger charge is 2.13. The minimum Gasteiger partial charge on any atom is -0.485 e. The number of benzene rings is 1. The third kappa shape index (κ3) is 2.98. The van der Waals surface area contributed by atoms with E-state index in [-0.39, 0.29) is 23.8 Å². The summed E-state index contributed by atoms with van der Waals surface area (Å²) in [6.07, 6.45) is 1.39. The van der Waals surface area contributed by atoms with Gasteiger partial charge in [0.05, 0.1) is 17.3 Å². The molecule has 98 valence electrons. The minimum atomic E-state index is -0.513. The molecule has 1 aromatic heterocycles. The Morgan fingerprint density at radius 2 is 2.21 bits per heavy atom. The Morgan fingerprint density at radius 3 is 2.84 bits per heavy atom. The van der Waals surface area contributed by atoms with Crippen molar-refractivity contribution in [1.82, 2.24) is 0 Å². The molecule has 0 aliphatic heterocycles. The molecule has 0 amide bonds. The molecule has 1 aromatic carbocycles. The fourth-order valence-corrected chi connectivity index (χ4v) is 1.51. The van der Waals surface area contributed by atoms with Crippen LogP contribution in [0.25, 0.3) is 0 Å². The van der Waals surface area contributed by atoms with Gasteiger partial charge in [-0.25, -0.2) is 0 Å². The molecule has 0 atom stereocenters. The number of carbonyl (C=O) groups excluding carboxylic acids is 1. The Balaban J connectivity index is 2.09. The zero-order chi connectivity index (χ0) is 13.8. The van der Waals surface area contributed by atoms with Crippen LogP contribution in [0.5, 0.6) is 5.75 Å². The molecule has 0 aliphatic rings. The number of nitro benzene ring substituents is 1. The highest BCUT2D eigenvalue weighted by atomic mass is 16.6. The molecule has 19 heavy (non-hydrogen) atoms.